The number of likely N-dealkylation sites (tertiary alicyclic amines) is 1. The molecule has 0 saturated carbocycles. The first-order valence-corrected chi connectivity index (χ1v) is 12.9. The molecule has 0 unspecified atom stereocenters. The average Bonchev–Trinajstić information content (AvgIpc) is 3.18. The van der Waals surface area contributed by atoms with Crippen LogP contribution in [0.3, 0.4) is 0 Å². The number of urea groups is 1. The van der Waals surface area contributed by atoms with Gasteiger partial charge in [0.2, 0.25) is 0 Å². The lowest BCUT2D eigenvalue weighted by Gasteiger charge is -2.44. The molecule has 4 rings (SSSR count). The fourth-order valence-corrected chi connectivity index (χ4v) is 6.39. The van der Waals surface area contributed by atoms with Crippen LogP contribution in [0.4, 0.5) is 10.5 Å². The third-order valence-corrected chi connectivity index (χ3v) is 8.63. The van der Waals surface area contributed by atoms with Gasteiger partial charge in [-0.3, -0.25) is 4.79 Å². The first-order chi connectivity index (χ1) is 15.6. The first-order valence-electron chi connectivity index (χ1n) is 11.2. The minimum absolute atomic E-state index is 0.0495. The fourth-order valence-electron chi connectivity index (χ4n) is 4.44. The van der Waals surface area contributed by atoms with Crippen molar-refractivity contribution < 1.29 is 9.59 Å². The van der Waals surface area contributed by atoms with Gasteiger partial charge >= 0.3 is 6.03 Å². The Hall–Kier alpha value is -1.89. The molecule has 0 bridgehead atoms. The zero-order valence-electron chi connectivity index (χ0n) is 19.2. The molecule has 2 saturated heterocycles. The molecule has 0 aromatic heterocycles. The van der Waals surface area contributed by atoms with E-state index in [0.29, 0.717) is 28.8 Å². The molecule has 1 spiro atoms. The van der Waals surface area contributed by atoms with E-state index in [-0.39, 0.29) is 22.2 Å². The Morgan fingerprint density at radius 2 is 1.58 bits per heavy atom. The van der Waals surface area contributed by atoms with Crippen molar-refractivity contribution in [1.29, 1.82) is 0 Å². The monoisotopic (exact) mass is 505 g/mol. The second-order valence-corrected chi connectivity index (χ2v) is 11.9. The van der Waals surface area contributed by atoms with Gasteiger partial charge in [0, 0.05) is 31.0 Å². The smallest absolute Gasteiger partial charge is 0.321 e. The van der Waals surface area contributed by atoms with Gasteiger partial charge in [-0.25, -0.2) is 4.79 Å². The van der Waals surface area contributed by atoms with Crippen molar-refractivity contribution >= 4 is 52.6 Å². The zero-order valence-corrected chi connectivity index (χ0v) is 21.5. The summed E-state index contributed by atoms with van der Waals surface area (Å²) < 4.78 is 0. The number of nitrogens with one attached hydrogen (secondary N) is 1. The maximum Gasteiger partial charge on any atom is 0.321 e. The second kappa shape index (κ2) is 9.40. The topological polar surface area (TPSA) is 52.7 Å². The average molecular weight is 506 g/mol. The van der Waals surface area contributed by atoms with E-state index in [4.69, 9.17) is 23.2 Å². The molecule has 2 aromatic carbocycles. The second-order valence-electron chi connectivity index (χ2n) is 9.59. The van der Waals surface area contributed by atoms with Crippen LogP contribution in [0, 0.1) is 0 Å². The summed E-state index contributed by atoms with van der Waals surface area (Å²) in [6, 6.07) is 12.9. The van der Waals surface area contributed by atoms with Gasteiger partial charge in [0.1, 0.15) is 0 Å². The number of piperidine rings is 1. The summed E-state index contributed by atoms with van der Waals surface area (Å²) in [5, 5.41) is 3.65. The van der Waals surface area contributed by atoms with Gasteiger partial charge in [0.05, 0.1) is 20.6 Å². The predicted molar refractivity (Wildman–Crippen MR) is 138 cm³/mol. The van der Waals surface area contributed by atoms with Gasteiger partial charge in [-0.2, -0.15) is 0 Å². The minimum atomic E-state index is -0.265. The van der Waals surface area contributed by atoms with E-state index < -0.39 is 0 Å². The van der Waals surface area contributed by atoms with Crippen LogP contribution < -0.4 is 5.32 Å². The number of carbonyl (C=O) groups is 2. The molecule has 176 valence electrons. The highest BCUT2D eigenvalue weighted by Gasteiger charge is 2.47. The maximum absolute atomic E-state index is 13.4. The van der Waals surface area contributed by atoms with Gasteiger partial charge < -0.3 is 15.1 Å². The summed E-state index contributed by atoms with van der Waals surface area (Å²) in [6.45, 7) is 8.35. The third-order valence-electron chi connectivity index (χ3n) is 6.45. The number of hydrogen-bond acceptors (Lipinski definition) is 3. The van der Waals surface area contributed by atoms with Crippen molar-refractivity contribution in [1.82, 2.24) is 9.80 Å². The van der Waals surface area contributed by atoms with Crippen LogP contribution in [-0.2, 0) is 5.41 Å². The SMILES string of the molecule is CC(C)(C)c1ccc(C(=O)N2CCSC23CCN(C(=O)Nc2c(Cl)cccc2Cl)CC3)cc1. The molecule has 0 atom stereocenters. The number of thioether (sulfide) groups is 1. The van der Waals surface area contributed by atoms with Gasteiger partial charge in [-0.1, -0.05) is 62.2 Å². The number of rotatable bonds is 2. The Morgan fingerprint density at radius 3 is 2.15 bits per heavy atom. The number of para-hydroxylation sites is 1. The number of amides is 3. The number of hydrogen-bond donors (Lipinski definition) is 1. The molecule has 0 radical (unpaired) electrons. The highest BCUT2D eigenvalue weighted by molar-refractivity contribution is 8.00. The van der Waals surface area contributed by atoms with Gasteiger partial charge in [-0.05, 0) is 48.1 Å². The molecule has 1 N–H and O–H groups in total. The molecule has 0 aliphatic carbocycles. The van der Waals surface area contributed by atoms with E-state index in [1.165, 1.54) is 5.56 Å². The summed E-state index contributed by atoms with van der Waals surface area (Å²) in [6.07, 6.45) is 1.46. The van der Waals surface area contributed by atoms with Crippen molar-refractivity contribution in [2.75, 3.05) is 30.7 Å². The first kappa shape index (κ1) is 24.2. The molecule has 2 heterocycles. The highest BCUT2D eigenvalue weighted by Crippen LogP contribution is 2.44. The van der Waals surface area contributed by atoms with E-state index >= 15 is 0 Å². The molecule has 3 amide bonds. The van der Waals surface area contributed by atoms with Gasteiger partial charge in [-0.15, -0.1) is 11.8 Å². The van der Waals surface area contributed by atoms with Crippen molar-refractivity contribution in [3.05, 3.63) is 63.6 Å². The van der Waals surface area contributed by atoms with E-state index in [1.807, 2.05) is 28.8 Å². The molecule has 2 aliphatic heterocycles. The molecule has 2 aliphatic rings. The van der Waals surface area contributed by atoms with Gasteiger partial charge in [0.15, 0.2) is 0 Å². The highest BCUT2D eigenvalue weighted by atomic mass is 35.5. The zero-order chi connectivity index (χ0) is 23.8. The Bertz CT molecular complexity index is 1020. The third kappa shape index (κ3) is 4.98. The number of benzene rings is 2. The van der Waals surface area contributed by atoms with Crippen LogP contribution in [-0.4, -0.2) is 52.0 Å². The maximum atomic E-state index is 13.4. The number of nitrogens with zero attached hydrogens (tertiary/aromatic N) is 2. The summed E-state index contributed by atoms with van der Waals surface area (Å²) in [4.78, 5) is 29.8. The molecule has 2 aromatic rings. The van der Waals surface area contributed by atoms with Crippen LogP contribution >= 0.6 is 35.0 Å². The molecular weight excluding hydrogens is 477 g/mol. The Labute approximate surface area is 209 Å². The summed E-state index contributed by atoms with van der Waals surface area (Å²) in [5.74, 6) is 0.981. The standard InChI is InChI=1S/C25H29Cl2N3O2S/c1-24(2,3)18-9-7-17(8-10-18)22(31)30-15-16-33-25(30)11-13-29(14-12-25)23(32)28-21-19(26)5-4-6-20(21)27/h4-10H,11-16H2,1-3H3,(H,28,32). The van der Waals surface area contributed by atoms with Crippen molar-refractivity contribution in [2.45, 2.75) is 43.9 Å². The number of halogens is 2. The lowest BCUT2D eigenvalue weighted by atomic mass is 9.86. The number of anilines is 1. The van der Waals surface area contributed by atoms with E-state index in [1.54, 1.807) is 23.1 Å². The Kier molecular flexibility index (Phi) is 6.90. The van der Waals surface area contributed by atoms with Crippen LogP contribution in [0.1, 0.15) is 49.5 Å². The predicted octanol–water partition coefficient (Wildman–Crippen LogP) is 6.50. The van der Waals surface area contributed by atoms with Crippen molar-refractivity contribution in [3.63, 3.8) is 0 Å². The fraction of sp³-hybridized carbons (Fsp3) is 0.440. The van der Waals surface area contributed by atoms with E-state index in [9.17, 15) is 9.59 Å². The molecule has 8 heteroatoms. The minimum Gasteiger partial charge on any atom is -0.324 e. The van der Waals surface area contributed by atoms with E-state index in [2.05, 4.69) is 38.2 Å². The number of carbonyl (C=O) groups excluding carboxylic acids is 2. The quantitative estimate of drug-likeness (QED) is 0.506. The summed E-state index contributed by atoms with van der Waals surface area (Å²) in [5.41, 5.74) is 2.41. The van der Waals surface area contributed by atoms with Crippen molar-refractivity contribution in [3.8, 4) is 0 Å². The van der Waals surface area contributed by atoms with Gasteiger partial charge in [0.25, 0.3) is 5.91 Å². The Morgan fingerprint density at radius 1 is 0.970 bits per heavy atom. The Balaban J connectivity index is 1.42. The van der Waals surface area contributed by atoms with Crippen LogP contribution in [0.2, 0.25) is 10.0 Å². The summed E-state index contributed by atoms with van der Waals surface area (Å²) >= 11 is 14.2. The molecule has 2 fully saturated rings. The molecule has 5 nitrogen and oxygen atoms in total. The summed E-state index contributed by atoms with van der Waals surface area (Å²) in [7, 11) is 0. The molecule has 33 heavy (non-hydrogen) atoms. The van der Waals surface area contributed by atoms with Crippen LogP contribution in [0.15, 0.2) is 42.5 Å². The largest absolute Gasteiger partial charge is 0.324 e. The van der Waals surface area contributed by atoms with Crippen LogP contribution in [0.5, 0.6) is 0 Å². The normalized spacial score (nSPS) is 18.0. The lowest BCUT2D eigenvalue weighted by molar-refractivity contribution is 0.0585. The van der Waals surface area contributed by atoms with Crippen LogP contribution in [0.25, 0.3) is 0 Å². The lowest BCUT2D eigenvalue weighted by Crippen LogP contribution is -2.54. The molecular formula is C25H29Cl2N3O2S. The van der Waals surface area contributed by atoms with Crippen molar-refractivity contribution in [2.24, 2.45) is 0 Å². The van der Waals surface area contributed by atoms with E-state index in [0.717, 1.165) is 30.7 Å².